The maximum Gasteiger partial charge on any atom is 0.310 e. The zero-order valence-electron chi connectivity index (χ0n) is 12.9. The Morgan fingerprint density at radius 1 is 1.33 bits per heavy atom. The number of morpholine rings is 1. The lowest BCUT2D eigenvalue weighted by Crippen LogP contribution is -3.14. The first kappa shape index (κ1) is 16.3. The molecule has 0 saturated carbocycles. The van der Waals surface area contributed by atoms with Crippen LogP contribution in [0.1, 0.15) is 26.2 Å². The molecule has 2 atom stereocenters. The first-order valence-electron chi connectivity index (χ1n) is 7.95. The van der Waals surface area contributed by atoms with Gasteiger partial charge in [-0.1, -0.05) is 12.8 Å². The summed E-state index contributed by atoms with van der Waals surface area (Å²) in [7, 11) is 0. The van der Waals surface area contributed by atoms with Crippen LogP contribution in [0.2, 0.25) is 0 Å². The van der Waals surface area contributed by atoms with E-state index in [1.165, 1.54) is 4.90 Å². The predicted molar refractivity (Wildman–Crippen MR) is 77.9 cm³/mol. The number of hydrogen-bond donors (Lipinski definition) is 1. The van der Waals surface area contributed by atoms with Crippen molar-refractivity contribution in [3.8, 4) is 11.8 Å². The third kappa shape index (κ3) is 5.66. The quantitative estimate of drug-likeness (QED) is 0.414. The highest BCUT2D eigenvalue weighted by molar-refractivity contribution is 5.75. The number of cyclic esters (lactones) is 1. The highest BCUT2D eigenvalue weighted by atomic mass is 16.6. The van der Waals surface area contributed by atoms with Crippen LogP contribution in [-0.2, 0) is 19.0 Å². The van der Waals surface area contributed by atoms with Crippen molar-refractivity contribution in [1.82, 2.24) is 0 Å². The van der Waals surface area contributed by atoms with Crippen LogP contribution < -0.4 is 4.90 Å². The first-order valence-corrected chi connectivity index (χ1v) is 7.95. The minimum atomic E-state index is -0.117. The molecule has 5 heteroatoms. The fourth-order valence-electron chi connectivity index (χ4n) is 2.57. The molecule has 21 heavy (non-hydrogen) atoms. The Kier molecular flexibility index (Phi) is 7.01. The first-order chi connectivity index (χ1) is 10.3. The van der Waals surface area contributed by atoms with E-state index in [0.717, 1.165) is 52.3 Å². The van der Waals surface area contributed by atoms with Gasteiger partial charge in [0.2, 0.25) is 0 Å². The molecule has 0 aromatic heterocycles. The molecule has 2 rings (SSSR count). The Bertz CT molecular complexity index is 381. The molecule has 2 aliphatic rings. The van der Waals surface area contributed by atoms with Crippen LogP contribution >= 0.6 is 0 Å². The molecule has 2 fully saturated rings. The van der Waals surface area contributed by atoms with Crippen LogP contribution in [0.3, 0.4) is 0 Å². The maximum atomic E-state index is 11.7. The van der Waals surface area contributed by atoms with Crippen LogP contribution in [-0.4, -0.2) is 58.1 Å². The third-order valence-corrected chi connectivity index (χ3v) is 3.83. The Balaban J connectivity index is 1.65. The van der Waals surface area contributed by atoms with Gasteiger partial charge in [0, 0.05) is 19.4 Å². The van der Waals surface area contributed by atoms with Crippen molar-refractivity contribution in [3.05, 3.63) is 0 Å². The van der Waals surface area contributed by atoms with Gasteiger partial charge in [-0.25, -0.2) is 0 Å². The molecule has 5 nitrogen and oxygen atoms in total. The van der Waals surface area contributed by atoms with Gasteiger partial charge in [0.25, 0.3) is 0 Å². The van der Waals surface area contributed by atoms with Gasteiger partial charge < -0.3 is 19.1 Å². The molecular formula is C16H26NO4+. The summed E-state index contributed by atoms with van der Waals surface area (Å²) >= 11 is 0. The van der Waals surface area contributed by atoms with Crippen molar-refractivity contribution in [2.24, 2.45) is 5.92 Å². The largest absolute Gasteiger partial charge is 0.460 e. The summed E-state index contributed by atoms with van der Waals surface area (Å²) < 4.78 is 16.1. The summed E-state index contributed by atoms with van der Waals surface area (Å²) in [5, 5.41) is 0. The fraction of sp³-hybridized carbons (Fsp3) is 0.812. The van der Waals surface area contributed by atoms with E-state index in [9.17, 15) is 4.79 Å². The number of ether oxygens (including phenoxy) is 3. The highest BCUT2D eigenvalue weighted by Gasteiger charge is 2.33. The smallest absolute Gasteiger partial charge is 0.310 e. The number of hydrogen-bond acceptors (Lipinski definition) is 4. The van der Waals surface area contributed by atoms with Gasteiger partial charge in [0.05, 0.1) is 25.7 Å². The van der Waals surface area contributed by atoms with E-state index >= 15 is 0 Å². The summed E-state index contributed by atoms with van der Waals surface area (Å²) in [6.45, 7) is 7.84. The molecule has 2 aliphatic heterocycles. The van der Waals surface area contributed by atoms with Crippen LogP contribution in [0.25, 0.3) is 0 Å². The number of nitrogens with one attached hydrogen (secondary N) is 1. The molecule has 0 aromatic carbocycles. The molecule has 118 valence electrons. The van der Waals surface area contributed by atoms with Crippen LogP contribution in [0.5, 0.6) is 0 Å². The molecule has 0 aliphatic carbocycles. The van der Waals surface area contributed by atoms with Crippen LogP contribution in [0.15, 0.2) is 0 Å². The average molecular weight is 296 g/mol. The zero-order valence-corrected chi connectivity index (χ0v) is 12.9. The highest BCUT2D eigenvalue weighted by Crippen LogP contribution is 2.23. The van der Waals surface area contributed by atoms with Crippen molar-refractivity contribution in [2.75, 3.05) is 46.1 Å². The van der Waals surface area contributed by atoms with Crippen molar-refractivity contribution >= 4 is 5.97 Å². The van der Waals surface area contributed by atoms with Gasteiger partial charge in [0.1, 0.15) is 25.7 Å². The molecule has 0 amide bonds. The maximum absolute atomic E-state index is 11.7. The second-order valence-electron chi connectivity index (χ2n) is 5.66. The molecule has 0 aromatic rings. The standard InChI is InChI=1S/C16H25NO4/c1-2-9-20-13-15-12-14(16(18)21-15)5-3-4-6-17-7-10-19-11-8-17/h14-15H,2,5-13H2,1H3/p+1/t14-,15+/m1/s1. The molecule has 0 bridgehead atoms. The predicted octanol–water partition coefficient (Wildman–Crippen LogP) is -0.347. The number of rotatable bonds is 6. The van der Waals surface area contributed by atoms with E-state index in [4.69, 9.17) is 14.2 Å². The number of carbonyl (C=O) groups is 1. The molecule has 2 saturated heterocycles. The monoisotopic (exact) mass is 296 g/mol. The number of carbonyl (C=O) groups excluding carboxylic acids is 1. The summed E-state index contributed by atoms with van der Waals surface area (Å²) in [5.74, 6) is 6.13. The molecule has 0 spiro atoms. The molecule has 0 radical (unpaired) electrons. The summed E-state index contributed by atoms with van der Waals surface area (Å²) in [4.78, 5) is 13.2. The van der Waals surface area contributed by atoms with Gasteiger partial charge in [-0.3, -0.25) is 4.79 Å². The van der Waals surface area contributed by atoms with E-state index in [-0.39, 0.29) is 18.0 Å². The van der Waals surface area contributed by atoms with Gasteiger partial charge in [-0.05, 0) is 12.3 Å². The number of esters is 1. The van der Waals surface area contributed by atoms with E-state index in [1.807, 2.05) is 0 Å². The molecular weight excluding hydrogens is 270 g/mol. The number of quaternary nitrogens is 1. The van der Waals surface area contributed by atoms with Crippen molar-refractivity contribution in [1.29, 1.82) is 0 Å². The van der Waals surface area contributed by atoms with E-state index in [1.54, 1.807) is 0 Å². The van der Waals surface area contributed by atoms with Crippen LogP contribution in [0.4, 0.5) is 0 Å². The summed E-state index contributed by atoms with van der Waals surface area (Å²) in [6, 6.07) is 0. The lowest BCUT2D eigenvalue weighted by molar-refractivity contribution is -0.900. The minimum Gasteiger partial charge on any atom is -0.460 e. The third-order valence-electron chi connectivity index (χ3n) is 3.83. The Labute approximate surface area is 126 Å². The normalized spacial score (nSPS) is 26.2. The van der Waals surface area contributed by atoms with E-state index < -0.39 is 0 Å². The Morgan fingerprint density at radius 2 is 2.14 bits per heavy atom. The average Bonchev–Trinajstić information content (AvgIpc) is 2.85. The second kappa shape index (κ2) is 9.04. The fourth-order valence-corrected chi connectivity index (χ4v) is 2.57. The van der Waals surface area contributed by atoms with Gasteiger partial charge >= 0.3 is 5.97 Å². The Hall–Kier alpha value is -1.09. The van der Waals surface area contributed by atoms with E-state index in [0.29, 0.717) is 13.0 Å². The minimum absolute atomic E-state index is 0.0765. The van der Waals surface area contributed by atoms with Gasteiger partial charge in [0.15, 0.2) is 0 Å². The summed E-state index contributed by atoms with van der Waals surface area (Å²) in [5.41, 5.74) is 0. The van der Waals surface area contributed by atoms with Crippen LogP contribution in [0, 0.1) is 17.8 Å². The molecule has 1 N–H and O–H groups in total. The van der Waals surface area contributed by atoms with Gasteiger partial charge in [-0.15, -0.1) is 0 Å². The van der Waals surface area contributed by atoms with Crippen molar-refractivity contribution in [3.63, 3.8) is 0 Å². The van der Waals surface area contributed by atoms with Crippen molar-refractivity contribution in [2.45, 2.75) is 32.3 Å². The van der Waals surface area contributed by atoms with Crippen molar-refractivity contribution < 1.29 is 23.9 Å². The SMILES string of the molecule is CCCOC[C@@H]1C[C@@H](CC#CC[NH+]2CCOCC2)C(=O)O1. The zero-order chi connectivity index (χ0) is 14.9. The molecule has 0 unspecified atom stereocenters. The summed E-state index contributed by atoms with van der Waals surface area (Å²) in [6.07, 6.45) is 2.24. The second-order valence-corrected chi connectivity index (χ2v) is 5.66. The lowest BCUT2D eigenvalue weighted by atomic mass is 10.0. The van der Waals surface area contributed by atoms with E-state index in [2.05, 4.69) is 18.8 Å². The Morgan fingerprint density at radius 3 is 2.90 bits per heavy atom. The molecule has 2 heterocycles. The lowest BCUT2D eigenvalue weighted by Gasteiger charge is -2.21. The topological polar surface area (TPSA) is 49.2 Å². The van der Waals surface area contributed by atoms with Gasteiger partial charge in [-0.2, -0.15) is 0 Å².